The zero-order valence-electron chi connectivity index (χ0n) is 15.2. The Morgan fingerprint density at radius 2 is 2.00 bits per heavy atom. The van der Waals surface area contributed by atoms with E-state index in [1.165, 1.54) is 11.3 Å². The van der Waals surface area contributed by atoms with Crippen molar-refractivity contribution >= 4 is 6.03 Å². The van der Waals surface area contributed by atoms with Crippen LogP contribution in [0.1, 0.15) is 30.3 Å². The highest BCUT2D eigenvalue weighted by Gasteiger charge is 2.21. The lowest BCUT2D eigenvalue weighted by Gasteiger charge is -2.27. The second-order valence-corrected chi connectivity index (χ2v) is 6.72. The Labute approximate surface area is 139 Å². The van der Waals surface area contributed by atoms with E-state index in [0.29, 0.717) is 13.1 Å². The van der Waals surface area contributed by atoms with Crippen molar-refractivity contribution in [2.45, 2.75) is 39.2 Å². The largest absolute Gasteiger partial charge is 0.387 e. The maximum absolute atomic E-state index is 11.8. The first-order valence-corrected chi connectivity index (χ1v) is 8.00. The van der Waals surface area contributed by atoms with Crippen LogP contribution in [0.2, 0.25) is 0 Å². The van der Waals surface area contributed by atoms with Crippen LogP contribution in [0.15, 0.2) is 0 Å². The summed E-state index contributed by atoms with van der Waals surface area (Å²) in [6.45, 7) is 7.08. The number of carbonyl (C=O) groups excluding carboxylic acids is 1. The van der Waals surface area contributed by atoms with Crippen LogP contribution in [0, 0.1) is 13.8 Å². The third-order valence-electron chi connectivity index (χ3n) is 3.83. The molecule has 132 valence electrons. The molecule has 0 fully saturated rings. The minimum Gasteiger partial charge on any atom is -0.387 e. The molecule has 1 atom stereocenters. The Kier molecular flexibility index (Phi) is 7.02. The first-order chi connectivity index (χ1) is 10.6. The van der Waals surface area contributed by atoms with E-state index < -0.39 is 5.60 Å². The van der Waals surface area contributed by atoms with Crippen LogP contribution in [-0.2, 0) is 13.5 Å². The highest BCUT2D eigenvalue weighted by atomic mass is 16.3. The number of rotatable bonds is 8. The van der Waals surface area contributed by atoms with Crippen LogP contribution in [0.3, 0.4) is 0 Å². The van der Waals surface area contributed by atoms with Gasteiger partial charge in [0.15, 0.2) is 0 Å². The van der Waals surface area contributed by atoms with Gasteiger partial charge >= 0.3 is 6.03 Å². The van der Waals surface area contributed by atoms with E-state index in [4.69, 9.17) is 0 Å². The molecule has 0 aromatic carbocycles. The van der Waals surface area contributed by atoms with Crippen molar-refractivity contribution in [2.24, 2.45) is 7.05 Å². The summed E-state index contributed by atoms with van der Waals surface area (Å²) in [7, 11) is 5.71. The number of hydrogen-bond donors (Lipinski definition) is 3. The van der Waals surface area contributed by atoms with E-state index in [1.807, 2.05) is 37.6 Å². The van der Waals surface area contributed by atoms with E-state index >= 15 is 0 Å². The molecule has 23 heavy (non-hydrogen) atoms. The summed E-state index contributed by atoms with van der Waals surface area (Å²) in [5, 5.41) is 20.0. The van der Waals surface area contributed by atoms with Gasteiger partial charge < -0.3 is 20.6 Å². The van der Waals surface area contributed by atoms with E-state index in [-0.39, 0.29) is 12.6 Å². The third-order valence-corrected chi connectivity index (χ3v) is 3.83. The van der Waals surface area contributed by atoms with Gasteiger partial charge in [0, 0.05) is 32.4 Å². The molecule has 0 radical (unpaired) electrons. The number of aryl methyl sites for hydroxylation is 2. The highest BCUT2D eigenvalue weighted by Crippen LogP contribution is 2.13. The average Bonchev–Trinajstić information content (AvgIpc) is 2.66. The van der Waals surface area contributed by atoms with Crippen molar-refractivity contribution in [3.8, 4) is 0 Å². The van der Waals surface area contributed by atoms with Crippen LogP contribution in [-0.4, -0.2) is 65.1 Å². The summed E-state index contributed by atoms with van der Waals surface area (Å²) in [5.41, 5.74) is 2.54. The van der Waals surface area contributed by atoms with E-state index in [0.717, 1.165) is 18.5 Å². The average molecular weight is 325 g/mol. The fourth-order valence-electron chi connectivity index (χ4n) is 2.72. The molecule has 3 N–H and O–H groups in total. The van der Waals surface area contributed by atoms with Crippen molar-refractivity contribution in [1.29, 1.82) is 0 Å². The molecule has 0 aliphatic carbocycles. The molecule has 0 spiro atoms. The van der Waals surface area contributed by atoms with Gasteiger partial charge in [0.1, 0.15) is 0 Å². The minimum atomic E-state index is -0.940. The van der Waals surface area contributed by atoms with Gasteiger partial charge in [-0.3, -0.25) is 4.68 Å². The number of nitrogens with zero attached hydrogens (tertiary/aromatic N) is 3. The van der Waals surface area contributed by atoms with Gasteiger partial charge in [-0.25, -0.2) is 4.79 Å². The summed E-state index contributed by atoms with van der Waals surface area (Å²) in [4.78, 5) is 13.6. The van der Waals surface area contributed by atoms with E-state index in [2.05, 4.69) is 22.7 Å². The number of amides is 2. The lowest BCUT2D eigenvalue weighted by molar-refractivity contribution is 0.0360. The van der Waals surface area contributed by atoms with E-state index in [9.17, 15) is 9.90 Å². The van der Waals surface area contributed by atoms with Crippen molar-refractivity contribution in [1.82, 2.24) is 25.3 Å². The van der Waals surface area contributed by atoms with Crippen LogP contribution in [0.25, 0.3) is 0 Å². The second kappa shape index (κ2) is 8.31. The summed E-state index contributed by atoms with van der Waals surface area (Å²) in [6, 6.07) is -0.247. The maximum Gasteiger partial charge on any atom is 0.314 e. The normalized spacial score (nSPS) is 13.9. The Morgan fingerprint density at radius 1 is 1.35 bits per heavy atom. The van der Waals surface area contributed by atoms with Crippen molar-refractivity contribution in [3.63, 3.8) is 0 Å². The molecule has 1 aromatic rings. The van der Waals surface area contributed by atoms with Gasteiger partial charge in [-0.05, 0) is 53.3 Å². The molecule has 7 heteroatoms. The second-order valence-electron chi connectivity index (χ2n) is 6.72. The quantitative estimate of drug-likeness (QED) is 0.611. The van der Waals surface area contributed by atoms with Crippen molar-refractivity contribution in [3.05, 3.63) is 17.0 Å². The van der Waals surface area contributed by atoms with Gasteiger partial charge in [-0.15, -0.1) is 0 Å². The zero-order chi connectivity index (χ0) is 17.6. The minimum absolute atomic E-state index is 0.220. The fraction of sp³-hybridized carbons (Fsp3) is 0.750. The summed E-state index contributed by atoms with van der Waals surface area (Å²) in [5.74, 6) is 0. The molecule has 0 aliphatic rings. The Hall–Kier alpha value is -1.60. The lowest BCUT2D eigenvalue weighted by atomic mass is 10.1. The highest BCUT2D eigenvalue weighted by molar-refractivity contribution is 5.73. The number of aliphatic hydroxyl groups is 1. The molecule has 1 aromatic heterocycles. The predicted octanol–water partition coefficient (Wildman–Crippen LogP) is 0.581. The SMILES string of the molecule is Cc1nn(C)c(C)c1CCCNC(=O)NCC(C)(O)CN(C)C. The van der Waals surface area contributed by atoms with Gasteiger partial charge in [-0.2, -0.15) is 5.10 Å². The standard InChI is InChI=1S/C16H31N5O2/c1-12-14(13(2)21(6)19-12)8-7-9-17-15(22)18-10-16(3,23)11-20(4)5/h23H,7-11H2,1-6H3,(H2,17,18,22). The number of urea groups is 1. The van der Waals surface area contributed by atoms with Gasteiger partial charge in [0.25, 0.3) is 0 Å². The monoisotopic (exact) mass is 325 g/mol. The lowest BCUT2D eigenvalue weighted by Crippen LogP contribution is -2.49. The van der Waals surface area contributed by atoms with E-state index in [1.54, 1.807) is 6.92 Å². The van der Waals surface area contributed by atoms with Crippen LogP contribution in [0.5, 0.6) is 0 Å². The van der Waals surface area contributed by atoms with Crippen LogP contribution >= 0.6 is 0 Å². The first kappa shape index (κ1) is 19.4. The molecule has 0 saturated heterocycles. The molecule has 1 unspecified atom stereocenters. The first-order valence-electron chi connectivity index (χ1n) is 8.00. The van der Waals surface area contributed by atoms with Crippen LogP contribution < -0.4 is 10.6 Å². The fourth-order valence-corrected chi connectivity index (χ4v) is 2.72. The molecule has 1 rings (SSSR count). The van der Waals surface area contributed by atoms with Gasteiger partial charge in [0.05, 0.1) is 11.3 Å². The summed E-state index contributed by atoms with van der Waals surface area (Å²) >= 11 is 0. The molecule has 0 saturated carbocycles. The Balaban J connectivity index is 2.27. The molecule has 7 nitrogen and oxygen atoms in total. The molecular weight excluding hydrogens is 294 g/mol. The van der Waals surface area contributed by atoms with Gasteiger partial charge in [0.2, 0.25) is 0 Å². The van der Waals surface area contributed by atoms with Crippen molar-refractivity contribution < 1.29 is 9.90 Å². The molecule has 1 heterocycles. The van der Waals surface area contributed by atoms with Gasteiger partial charge in [-0.1, -0.05) is 0 Å². The number of likely N-dealkylation sites (N-methyl/N-ethyl adjacent to an activating group) is 1. The maximum atomic E-state index is 11.8. The molecule has 2 amide bonds. The number of carbonyl (C=O) groups is 1. The summed E-state index contributed by atoms with van der Waals surface area (Å²) in [6.07, 6.45) is 1.75. The predicted molar refractivity (Wildman–Crippen MR) is 91.6 cm³/mol. The van der Waals surface area contributed by atoms with Crippen LogP contribution in [0.4, 0.5) is 4.79 Å². The number of nitrogens with one attached hydrogen (secondary N) is 2. The Bertz CT molecular complexity index is 523. The van der Waals surface area contributed by atoms with Crippen molar-refractivity contribution in [2.75, 3.05) is 33.7 Å². The molecule has 0 bridgehead atoms. The molecule has 0 aliphatic heterocycles. The molecular formula is C16H31N5O2. The number of hydrogen-bond acceptors (Lipinski definition) is 4. The zero-order valence-corrected chi connectivity index (χ0v) is 15.2. The third kappa shape index (κ3) is 6.58. The summed E-state index contributed by atoms with van der Waals surface area (Å²) < 4.78 is 1.89. The Morgan fingerprint density at radius 3 is 2.52 bits per heavy atom. The number of aromatic nitrogens is 2. The smallest absolute Gasteiger partial charge is 0.314 e. The topological polar surface area (TPSA) is 82.4 Å².